The Morgan fingerprint density at radius 1 is 1.26 bits per heavy atom. The zero-order valence-electron chi connectivity index (χ0n) is 12.3. The fourth-order valence-electron chi connectivity index (χ4n) is 2.08. The van der Waals surface area contributed by atoms with E-state index >= 15 is 0 Å². The number of aryl methyl sites for hydroxylation is 2. The van der Waals surface area contributed by atoms with Crippen LogP contribution in [0.2, 0.25) is 5.02 Å². The van der Waals surface area contributed by atoms with E-state index in [0.717, 1.165) is 37.2 Å². The van der Waals surface area contributed by atoms with Gasteiger partial charge in [-0.05, 0) is 32.3 Å². The minimum atomic E-state index is 0.109. The first-order valence-electron chi connectivity index (χ1n) is 7.03. The van der Waals surface area contributed by atoms with Gasteiger partial charge in [0.2, 0.25) is 0 Å². The van der Waals surface area contributed by atoms with Gasteiger partial charge >= 0.3 is 0 Å². The van der Waals surface area contributed by atoms with Crippen LogP contribution < -0.4 is 0 Å². The van der Waals surface area contributed by atoms with Gasteiger partial charge in [-0.25, -0.2) is 0 Å². The summed E-state index contributed by atoms with van der Waals surface area (Å²) in [4.78, 5) is 12.1. The third-order valence-corrected chi connectivity index (χ3v) is 3.75. The highest BCUT2D eigenvalue weighted by Crippen LogP contribution is 2.22. The van der Waals surface area contributed by atoms with E-state index in [0.29, 0.717) is 11.4 Å². The molecule has 3 nitrogen and oxygen atoms in total. The molecule has 0 bridgehead atoms. The highest BCUT2D eigenvalue weighted by atomic mass is 35.5. The minimum Gasteiger partial charge on any atom is -0.294 e. The van der Waals surface area contributed by atoms with Gasteiger partial charge < -0.3 is 0 Å². The fraction of sp³-hybridized carbons (Fsp3) is 0.600. The average Bonchev–Trinajstić information content (AvgIpc) is 2.72. The number of hydrogen-bond acceptors (Lipinski definition) is 2. The molecular formula is C15H23ClN2O. The number of hydrogen-bond donors (Lipinski definition) is 0. The molecule has 1 aromatic rings. The van der Waals surface area contributed by atoms with Gasteiger partial charge in [0.15, 0.2) is 5.78 Å². The Hall–Kier alpha value is -1.09. The van der Waals surface area contributed by atoms with Crippen molar-refractivity contribution in [1.82, 2.24) is 9.78 Å². The van der Waals surface area contributed by atoms with Crippen LogP contribution in [0.1, 0.15) is 51.9 Å². The van der Waals surface area contributed by atoms with Crippen molar-refractivity contribution in [3.05, 3.63) is 28.1 Å². The number of allylic oxidation sites excluding steroid dienone is 2. The summed E-state index contributed by atoms with van der Waals surface area (Å²) < 4.78 is 1.84. The number of aromatic nitrogens is 2. The molecule has 0 aliphatic carbocycles. The van der Waals surface area contributed by atoms with Gasteiger partial charge in [-0.1, -0.05) is 37.9 Å². The molecule has 0 atom stereocenters. The quantitative estimate of drug-likeness (QED) is 0.709. The Morgan fingerprint density at radius 3 is 2.37 bits per heavy atom. The molecular weight excluding hydrogens is 260 g/mol. The zero-order valence-corrected chi connectivity index (χ0v) is 13.0. The summed E-state index contributed by atoms with van der Waals surface area (Å²) in [6, 6.07) is 0. The lowest BCUT2D eigenvalue weighted by molar-refractivity contribution is -0.114. The van der Waals surface area contributed by atoms with Gasteiger partial charge in [0.05, 0.1) is 22.8 Å². The third-order valence-electron chi connectivity index (χ3n) is 3.31. The SMILES string of the molecule is CCC(=CC(=O)Cc1c(Cl)c(CC)nn1CC)CC. The standard InChI is InChI=1S/C15H23ClN2O/c1-5-11(6-2)9-12(19)10-14-15(16)13(7-3)17-18(14)8-4/h9H,5-8,10H2,1-4H3. The van der Waals surface area contributed by atoms with Gasteiger partial charge in [0, 0.05) is 6.54 Å². The highest BCUT2D eigenvalue weighted by molar-refractivity contribution is 6.32. The van der Waals surface area contributed by atoms with Gasteiger partial charge in [-0.2, -0.15) is 5.10 Å². The molecule has 0 radical (unpaired) electrons. The fourth-order valence-corrected chi connectivity index (χ4v) is 2.42. The number of halogens is 1. The second-order valence-electron chi connectivity index (χ2n) is 4.53. The molecule has 0 saturated heterocycles. The van der Waals surface area contributed by atoms with Gasteiger partial charge in [-0.15, -0.1) is 0 Å². The Labute approximate surface area is 120 Å². The summed E-state index contributed by atoms with van der Waals surface area (Å²) in [6.45, 7) is 8.91. The largest absolute Gasteiger partial charge is 0.294 e. The van der Waals surface area contributed by atoms with Crippen LogP contribution in [0.4, 0.5) is 0 Å². The molecule has 0 fully saturated rings. The van der Waals surface area contributed by atoms with E-state index in [4.69, 9.17) is 11.6 Å². The van der Waals surface area contributed by atoms with Crippen LogP contribution in [0.3, 0.4) is 0 Å². The van der Waals surface area contributed by atoms with Crippen LogP contribution >= 0.6 is 11.6 Å². The molecule has 0 N–H and O–H groups in total. The first kappa shape index (κ1) is 16.0. The van der Waals surface area contributed by atoms with E-state index in [2.05, 4.69) is 18.9 Å². The van der Waals surface area contributed by atoms with Crippen molar-refractivity contribution < 1.29 is 4.79 Å². The highest BCUT2D eigenvalue weighted by Gasteiger charge is 2.16. The van der Waals surface area contributed by atoms with Crippen molar-refractivity contribution in [1.29, 1.82) is 0 Å². The second kappa shape index (κ2) is 7.49. The van der Waals surface area contributed by atoms with Crippen LogP contribution in [0, 0.1) is 0 Å². The Balaban J connectivity index is 2.96. The molecule has 0 aliphatic rings. The summed E-state index contributed by atoms with van der Waals surface area (Å²) in [5, 5.41) is 5.08. The second-order valence-corrected chi connectivity index (χ2v) is 4.91. The average molecular weight is 283 g/mol. The van der Waals surface area contributed by atoms with E-state index in [1.54, 1.807) is 6.08 Å². The van der Waals surface area contributed by atoms with Gasteiger partial charge in [0.1, 0.15) is 0 Å². The lowest BCUT2D eigenvalue weighted by atomic mass is 10.1. The van der Waals surface area contributed by atoms with E-state index in [1.807, 2.05) is 18.5 Å². The lowest BCUT2D eigenvalue weighted by Gasteiger charge is -2.04. The third kappa shape index (κ3) is 3.93. The molecule has 1 aromatic heterocycles. The monoisotopic (exact) mass is 282 g/mol. The first-order valence-corrected chi connectivity index (χ1v) is 7.41. The Morgan fingerprint density at radius 2 is 1.89 bits per heavy atom. The molecule has 0 saturated carbocycles. The van der Waals surface area contributed by atoms with Crippen LogP contribution in [0.5, 0.6) is 0 Å². The molecule has 4 heteroatoms. The van der Waals surface area contributed by atoms with E-state index in [9.17, 15) is 4.79 Å². The number of carbonyl (C=O) groups excluding carboxylic acids is 1. The summed E-state index contributed by atoms with van der Waals surface area (Å²) in [6.07, 6.45) is 4.72. The maximum Gasteiger partial charge on any atom is 0.161 e. The number of carbonyl (C=O) groups is 1. The zero-order chi connectivity index (χ0) is 14.4. The maximum atomic E-state index is 12.1. The summed E-state index contributed by atoms with van der Waals surface area (Å²) in [5.41, 5.74) is 2.90. The Kier molecular flexibility index (Phi) is 6.29. The van der Waals surface area contributed by atoms with Crippen molar-refractivity contribution in [3.63, 3.8) is 0 Å². The topological polar surface area (TPSA) is 34.9 Å². The molecule has 0 aromatic carbocycles. The van der Waals surface area contributed by atoms with Crippen molar-refractivity contribution >= 4 is 17.4 Å². The van der Waals surface area contributed by atoms with Gasteiger partial charge in [0.25, 0.3) is 0 Å². The lowest BCUT2D eigenvalue weighted by Crippen LogP contribution is -2.08. The van der Waals surface area contributed by atoms with Gasteiger partial charge in [-0.3, -0.25) is 9.48 Å². The van der Waals surface area contributed by atoms with E-state index in [-0.39, 0.29) is 5.78 Å². The van der Waals surface area contributed by atoms with Crippen molar-refractivity contribution in [2.45, 2.75) is 59.9 Å². The summed E-state index contributed by atoms with van der Waals surface area (Å²) in [7, 11) is 0. The van der Waals surface area contributed by atoms with E-state index < -0.39 is 0 Å². The smallest absolute Gasteiger partial charge is 0.161 e. The maximum absolute atomic E-state index is 12.1. The van der Waals surface area contributed by atoms with E-state index in [1.165, 1.54) is 5.57 Å². The molecule has 1 heterocycles. The predicted molar refractivity (Wildman–Crippen MR) is 79.7 cm³/mol. The van der Waals surface area contributed by atoms with Crippen LogP contribution in [0.25, 0.3) is 0 Å². The van der Waals surface area contributed by atoms with Crippen LogP contribution in [-0.4, -0.2) is 15.6 Å². The summed E-state index contributed by atoms with van der Waals surface area (Å²) >= 11 is 6.30. The molecule has 0 aliphatic heterocycles. The molecule has 1 rings (SSSR count). The normalized spacial score (nSPS) is 10.6. The molecule has 0 unspecified atom stereocenters. The number of nitrogens with zero attached hydrogens (tertiary/aromatic N) is 2. The predicted octanol–water partition coefficient (Wildman–Crippen LogP) is 3.98. The molecule has 0 spiro atoms. The Bertz CT molecular complexity index is 469. The number of ketones is 1. The summed E-state index contributed by atoms with van der Waals surface area (Å²) in [5.74, 6) is 0.109. The van der Waals surface area contributed by atoms with Crippen LogP contribution in [-0.2, 0) is 24.2 Å². The van der Waals surface area contributed by atoms with Crippen LogP contribution in [0.15, 0.2) is 11.6 Å². The van der Waals surface area contributed by atoms with Crippen molar-refractivity contribution in [3.8, 4) is 0 Å². The van der Waals surface area contributed by atoms with Crippen molar-refractivity contribution in [2.24, 2.45) is 0 Å². The minimum absolute atomic E-state index is 0.109. The first-order chi connectivity index (χ1) is 9.07. The number of rotatable bonds is 7. The molecule has 106 valence electrons. The van der Waals surface area contributed by atoms with Crippen molar-refractivity contribution in [2.75, 3.05) is 0 Å². The molecule has 19 heavy (non-hydrogen) atoms. The molecule has 0 amide bonds.